The molecule has 2 heterocycles. The molecule has 0 radical (unpaired) electrons. The van der Waals surface area contributed by atoms with E-state index in [1.807, 2.05) is 50.2 Å². The second kappa shape index (κ2) is 8.98. The molecule has 1 atom stereocenters. The minimum Gasteiger partial charge on any atom is -0.444 e. The number of benzene rings is 2. The number of hydrogen-bond donors (Lipinski definition) is 2. The molecule has 9 heteroatoms. The Bertz CT molecular complexity index is 1350. The number of likely N-dealkylation sites (tertiary alicyclic amines) is 1. The van der Waals surface area contributed by atoms with Crippen molar-refractivity contribution in [3.63, 3.8) is 0 Å². The molecule has 174 valence electrons. The molecule has 0 spiro atoms. The van der Waals surface area contributed by atoms with Gasteiger partial charge in [-0.25, -0.2) is 4.79 Å². The van der Waals surface area contributed by atoms with Crippen LogP contribution in [0.2, 0.25) is 0 Å². The molecule has 34 heavy (non-hydrogen) atoms. The van der Waals surface area contributed by atoms with Crippen LogP contribution in [0.1, 0.15) is 32.8 Å². The molecule has 1 fully saturated rings. The lowest BCUT2D eigenvalue weighted by Crippen LogP contribution is -2.55. The predicted molar refractivity (Wildman–Crippen MR) is 128 cm³/mol. The maximum absolute atomic E-state index is 13.0. The first-order chi connectivity index (χ1) is 16.2. The van der Waals surface area contributed by atoms with E-state index in [0.29, 0.717) is 30.0 Å². The second-order valence-corrected chi connectivity index (χ2v) is 9.29. The van der Waals surface area contributed by atoms with Gasteiger partial charge in [-0.2, -0.15) is 5.26 Å². The van der Waals surface area contributed by atoms with Crippen LogP contribution in [0.5, 0.6) is 0 Å². The smallest absolute Gasteiger partial charge is 0.410 e. The van der Waals surface area contributed by atoms with Crippen molar-refractivity contribution in [1.82, 2.24) is 9.47 Å². The summed E-state index contributed by atoms with van der Waals surface area (Å²) in [6.07, 6.45) is 0.436. The maximum atomic E-state index is 13.0. The third kappa shape index (κ3) is 4.76. The van der Waals surface area contributed by atoms with Crippen LogP contribution in [0.25, 0.3) is 16.6 Å². The average Bonchev–Trinajstić information content (AvgIpc) is 3.26. The predicted octanol–water partition coefficient (Wildman–Crippen LogP) is 2.76. The van der Waals surface area contributed by atoms with E-state index in [1.165, 1.54) is 4.57 Å². The molecule has 2 aromatic carbocycles. The first kappa shape index (κ1) is 23.0. The number of nitrogens with one attached hydrogen (secondary N) is 2. The van der Waals surface area contributed by atoms with Crippen molar-refractivity contribution in [2.75, 3.05) is 18.4 Å². The van der Waals surface area contributed by atoms with Crippen LogP contribution >= 0.6 is 0 Å². The maximum Gasteiger partial charge on any atom is 0.410 e. The zero-order chi connectivity index (χ0) is 24.5. The van der Waals surface area contributed by atoms with Crippen molar-refractivity contribution in [3.05, 3.63) is 69.4 Å². The Kier molecular flexibility index (Phi) is 6.07. The molecule has 0 saturated carbocycles. The van der Waals surface area contributed by atoms with E-state index in [0.717, 1.165) is 17.5 Å². The van der Waals surface area contributed by atoms with Crippen LogP contribution < -0.4 is 16.1 Å². The summed E-state index contributed by atoms with van der Waals surface area (Å²) < 4.78 is 6.93. The van der Waals surface area contributed by atoms with Gasteiger partial charge >= 0.3 is 6.09 Å². The standard InChI is InChI=1S/C25H25N5O4/c1-25(2,3)34-24(32)29-11-10-20(15-29)27-19-5-4-16-12-17(14-26)23(31)30(22(16)13-19)21-8-6-18(28-33)7-9-21/h4-9,12-13,20,27H,10-11,15H2,1-3H3/p+1/t20-/m1/s1. The van der Waals surface area contributed by atoms with Crippen LogP contribution in [0.3, 0.4) is 0 Å². The third-order valence-electron chi connectivity index (χ3n) is 5.58. The summed E-state index contributed by atoms with van der Waals surface area (Å²) >= 11 is 0. The SMILES string of the molecule is CC(C)(C)OC(=O)N1CC[C@@H](Nc2ccc3cc(C#N)c(=O)n(-c4ccc([NH+]=O)cc4)c3c2)C1. The fourth-order valence-electron chi connectivity index (χ4n) is 4.02. The summed E-state index contributed by atoms with van der Waals surface area (Å²) in [6.45, 7) is 6.63. The Balaban J connectivity index is 1.65. The number of nitroso groups, excluding NO2 is 1. The average molecular weight is 461 g/mol. The van der Waals surface area contributed by atoms with Crippen LogP contribution in [-0.2, 0) is 4.74 Å². The van der Waals surface area contributed by atoms with Gasteiger partial charge in [-0.1, -0.05) is 6.07 Å². The number of carbonyl (C=O) groups excluding carboxylic acids is 1. The van der Waals surface area contributed by atoms with Gasteiger partial charge in [0.25, 0.3) is 11.2 Å². The lowest BCUT2D eigenvalue weighted by atomic mass is 10.1. The second-order valence-electron chi connectivity index (χ2n) is 9.29. The van der Waals surface area contributed by atoms with Crippen molar-refractivity contribution in [2.45, 2.75) is 38.8 Å². The quantitative estimate of drug-likeness (QED) is 0.618. The number of fused-ring (bicyclic) bond motifs is 1. The van der Waals surface area contributed by atoms with Gasteiger partial charge in [-0.15, -0.1) is 0 Å². The summed E-state index contributed by atoms with van der Waals surface area (Å²) in [5.74, 6) is 0. The molecule has 1 saturated heterocycles. The minimum atomic E-state index is -0.547. The minimum absolute atomic E-state index is 0.0306. The van der Waals surface area contributed by atoms with Gasteiger partial charge in [-0.3, -0.25) is 9.36 Å². The van der Waals surface area contributed by atoms with Gasteiger partial charge in [0.2, 0.25) is 0 Å². The van der Waals surface area contributed by atoms with E-state index < -0.39 is 11.2 Å². The van der Waals surface area contributed by atoms with E-state index in [2.05, 4.69) is 5.32 Å². The number of aromatic nitrogens is 1. The lowest BCUT2D eigenvalue weighted by molar-refractivity contribution is -0.379. The summed E-state index contributed by atoms with van der Waals surface area (Å²) in [5.41, 5.74) is 1.37. The summed E-state index contributed by atoms with van der Waals surface area (Å²) in [5, 5.41) is 15.4. The van der Waals surface area contributed by atoms with Gasteiger partial charge in [0, 0.05) is 58.1 Å². The fourth-order valence-corrected chi connectivity index (χ4v) is 4.02. The van der Waals surface area contributed by atoms with Crippen molar-refractivity contribution in [3.8, 4) is 11.8 Å². The monoisotopic (exact) mass is 460 g/mol. The molecule has 0 unspecified atom stereocenters. The summed E-state index contributed by atoms with van der Waals surface area (Å²) in [6, 6.07) is 15.6. The van der Waals surface area contributed by atoms with Gasteiger partial charge in [-0.05, 0) is 57.5 Å². The number of carbonyl (C=O) groups is 1. The largest absolute Gasteiger partial charge is 0.444 e. The van der Waals surface area contributed by atoms with Gasteiger partial charge in [0.05, 0.1) is 5.52 Å². The van der Waals surface area contributed by atoms with Gasteiger partial charge in [0.15, 0.2) is 0 Å². The highest BCUT2D eigenvalue weighted by Crippen LogP contribution is 2.24. The van der Waals surface area contributed by atoms with Crippen LogP contribution in [-0.4, -0.2) is 40.3 Å². The number of nitrogens with zero attached hydrogens (tertiary/aromatic N) is 3. The molecule has 0 bridgehead atoms. The highest BCUT2D eigenvalue weighted by atomic mass is 16.6. The molecule has 1 aromatic heterocycles. The van der Waals surface area contributed by atoms with E-state index >= 15 is 0 Å². The van der Waals surface area contributed by atoms with E-state index in [4.69, 9.17) is 4.74 Å². The van der Waals surface area contributed by atoms with E-state index in [1.54, 1.807) is 35.2 Å². The number of amides is 1. The van der Waals surface area contributed by atoms with Crippen molar-refractivity contribution < 1.29 is 14.7 Å². The number of nitriles is 1. The number of pyridine rings is 1. The van der Waals surface area contributed by atoms with Crippen molar-refractivity contribution >= 4 is 28.4 Å². The first-order valence-corrected chi connectivity index (χ1v) is 11.0. The molecule has 3 aromatic rings. The zero-order valence-electron chi connectivity index (χ0n) is 19.3. The molecule has 1 aliphatic heterocycles. The van der Waals surface area contributed by atoms with Gasteiger partial charge < -0.3 is 15.0 Å². The highest BCUT2D eigenvalue weighted by Gasteiger charge is 2.29. The number of rotatable bonds is 4. The van der Waals surface area contributed by atoms with E-state index in [-0.39, 0.29) is 17.7 Å². The first-order valence-electron chi connectivity index (χ1n) is 11.0. The molecule has 1 amide bonds. The Morgan fingerprint density at radius 3 is 2.56 bits per heavy atom. The molecule has 2 N–H and O–H groups in total. The number of anilines is 1. The summed E-state index contributed by atoms with van der Waals surface area (Å²) in [7, 11) is 0. The normalized spacial score (nSPS) is 15.7. The Morgan fingerprint density at radius 2 is 1.91 bits per heavy atom. The zero-order valence-corrected chi connectivity index (χ0v) is 19.3. The fraction of sp³-hybridized carbons (Fsp3) is 0.320. The highest BCUT2D eigenvalue weighted by molar-refractivity contribution is 5.85. The number of ether oxygens (including phenoxy) is 1. The molecule has 4 rings (SSSR count). The molecular formula is C25H26N5O4+. The Morgan fingerprint density at radius 1 is 1.18 bits per heavy atom. The third-order valence-corrected chi connectivity index (χ3v) is 5.58. The van der Waals surface area contributed by atoms with Crippen molar-refractivity contribution in [2.24, 2.45) is 0 Å². The topological polar surface area (TPSA) is 118 Å². The van der Waals surface area contributed by atoms with Gasteiger partial charge in [0.1, 0.15) is 17.2 Å². The van der Waals surface area contributed by atoms with Crippen LogP contribution in [0.15, 0.2) is 53.3 Å². The molecule has 0 aliphatic carbocycles. The number of hydrogen-bond acceptors (Lipinski definition) is 6. The van der Waals surface area contributed by atoms with Crippen molar-refractivity contribution in [1.29, 1.82) is 5.26 Å². The van der Waals surface area contributed by atoms with Crippen LogP contribution in [0, 0.1) is 16.2 Å². The van der Waals surface area contributed by atoms with E-state index in [9.17, 15) is 19.8 Å². The summed E-state index contributed by atoms with van der Waals surface area (Å²) in [4.78, 5) is 38.0. The van der Waals surface area contributed by atoms with Crippen LogP contribution in [0.4, 0.5) is 16.2 Å². The molecule has 9 nitrogen and oxygen atoms in total. The Labute approximate surface area is 196 Å². The molecular weight excluding hydrogens is 434 g/mol. The Hall–Kier alpha value is -4.19. The lowest BCUT2D eigenvalue weighted by Gasteiger charge is -2.24. The molecule has 1 aliphatic rings.